The first kappa shape index (κ1) is 24.1. The minimum absolute atomic E-state index is 0.0597. The van der Waals surface area contributed by atoms with Gasteiger partial charge in [-0.1, -0.05) is 17.7 Å². The molecule has 1 fully saturated rings. The average molecular weight is 495 g/mol. The zero-order valence-electron chi connectivity index (χ0n) is 19.3. The third-order valence-corrected chi connectivity index (χ3v) is 5.99. The van der Waals surface area contributed by atoms with Gasteiger partial charge in [0.05, 0.1) is 32.9 Å². The Hall–Kier alpha value is -4.04. The smallest absolute Gasteiger partial charge is 0.295 e. The number of hydrogen-bond donors (Lipinski definition) is 1. The molecule has 1 aromatic heterocycles. The summed E-state index contributed by atoms with van der Waals surface area (Å²) < 4.78 is 16.4. The number of carbonyl (C=O) groups excluding carboxylic acids is 2. The highest BCUT2D eigenvalue weighted by Crippen LogP contribution is 2.46. The lowest BCUT2D eigenvalue weighted by Crippen LogP contribution is -2.29. The first-order chi connectivity index (χ1) is 16.9. The van der Waals surface area contributed by atoms with Crippen LogP contribution in [0.25, 0.3) is 5.76 Å². The Morgan fingerprint density at radius 1 is 1.03 bits per heavy atom. The van der Waals surface area contributed by atoms with Gasteiger partial charge in [-0.2, -0.15) is 0 Å². The van der Waals surface area contributed by atoms with E-state index in [1.807, 2.05) is 0 Å². The monoisotopic (exact) mass is 494 g/mol. The summed E-state index contributed by atoms with van der Waals surface area (Å²) in [7, 11) is 4.43. The highest BCUT2D eigenvalue weighted by molar-refractivity contribution is 6.46. The van der Waals surface area contributed by atoms with E-state index in [0.717, 1.165) is 5.56 Å². The predicted octanol–water partition coefficient (Wildman–Crippen LogP) is 4.38. The molecule has 1 N–H and O–H groups in total. The van der Waals surface area contributed by atoms with Gasteiger partial charge in [0.15, 0.2) is 11.5 Å². The van der Waals surface area contributed by atoms with Gasteiger partial charge in [-0.05, 0) is 53.6 Å². The number of methoxy groups -OCH3 is 3. The summed E-state index contributed by atoms with van der Waals surface area (Å²) in [6.07, 6.45) is 3.24. The molecular weight excluding hydrogens is 472 g/mol. The van der Waals surface area contributed by atoms with E-state index in [2.05, 4.69) is 4.98 Å². The van der Waals surface area contributed by atoms with Crippen molar-refractivity contribution in [1.29, 1.82) is 0 Å². The van der Waals surface area contributed by atoms with Gasteiger partial charge in [-0.25, -0.2) is 0 Å². The van der Waals surface area contributed by atoms with Crippen LogP contribution in [0.2, 0.25) is 5.02 Å². The van der Waals surface area contributed by atoms with Crippen molar-refractivity contribution in [2.24, 2.45) is 0 Å². The van der Waals surface area contributed by atoms with E-state index in [4.69, 9.17) is 25.8 Å². The summed E-state index contributed by atoms with van der Waals surface area (Å²) in [6.45, 7) is 0.0944. The van der Waals surface area contributed by atoms with Crippen LogP contribution in [0.15, 0.2) is 66.5 Å². The molecule has 0 bridgehead atoms. The number of Topliss-reactive ketones (excluding diaryl/α,β-unsaturated/α-hetero) is 1. The van der Waals surface area contributed by atoms with E-state index in [9.17, 15) is 14.7 Å². The number of nitrogens with zero attached hydrogens (tertiary/aromatic N) is 2. The number of amides is 1. The van der Waals surface area contributed by atoms with Crippen molar-refractivity contribution >= 4 is 29.1 Å². The van der Waals surface area contributed by atoms with E-state index in [-0.39, 0.29) is 17.9 Å². The topological polar surface area (TPSA) is 98.2 Å². The number of rotatable bonds is 7. The summed E-state index contributed by atoms with van der Waals surface area (Å²) in [5, 5.41) is 11.7. The van der Waals surface area contributed by atoms with Crippen molar-refractivity contribution < 1.29 is 28.9 Å². The van der Waals surface area contributed by atoms with Crippen LogP contribution in [0.4, 0.5) is 0 Å². The number of ketones is 1. The number of hydrogen-bond acceptors (Lipinski definition) is 7. The number of pyridine rings is 1. The quantitative estimate of drug-likeness (QED) is 0.295. The highest BCUT2D eigenvalue weighted by atomic mass is 35.5. The molecule has 0 aliphatic carbocycles. The SMILES string of the molecule is COc1cc(C2/C(=C(\O)c3ccc(Cl)cc3)C(=O)C(=O)N2Cc2cccnc2)cc(OC)c1OC. The Kier molecular flexibility index (Phi) is 6.93. The van der Waals surface area contributed by atoms with Crippen molar-refractivity contribution in [3.05, 3.63) is 88.2 Å². The highest BCUT2D eigenvalue weighted by Gasteiger charge is 2.46. The normalized spacial score (nSPS) is 16.9. The molecular formula is C26H23ClN2O6. The summed E-state index contributed by atoms with van der Waals surface area (Å²) in [5.74, 6) is -0.808. The Balaban J connectivity index is 1.94. The molecule has 2 aromatic carbocycles. The van der Waals surface area contributed by atoms with Gasteiger partial charge in [-0.15, -0.1) is 0 Å². The van der Waals surface area contributed by atoms with E-state index in [1.54, 1.807) is 60.9 Å². The maximum atomic E-state index is 13.3. The lowest BCUT2D eigenvalue weighted by atomic mass is 9.94. The predicted molar refractivity (Wildman–Crippen MR) is 130 cm³/mol. The maximum Gasteiger partial charge on any atom is 0.295 e. The molecule has 8 nitrogen and oxygen atoms in total. The van der Waals surface area contributed by atoms with Crippen molar-refractivity contribution in [3.8, 4) is 17.2 Å². The molecule has 1 aliphatic rings. The maximum absolute atomic E-state index is 13.3. The molecule has 2 heterocycles. The molecule has 3 aromatic rings. The van der Waals surface area contributed by atoms with Crippen LogP contribution < -0.4 is 14.2 Å². The summed E-state index contributed by atoms with van der Waals surface area (Å²) in [5.41, 5.74) is 1.51. The number of aliphatic hydroxyl groups excluding tert-OH is 1. The van der Waals surface area contributed by atoms with Crippen LogP contribution in [-0.2, 0) is 16.1 Å². The van der Waals surface area contributed by atoms with Gasteiger partial charge in [0.25, 0.3) is 11.7 Å². The molecule has 1 amide bonds. The van der Waals surface area contributed by atoms with Crippen molar-refractivity contribution in [1.82, 2.24) is 9.88 Å². The van der Waals surface area contributed by atoms with Gasteiger partial charge < -0.3 is 24.2 Å². The van der Waals surface area contributed by atoms with Gasteiger partial charge in [0, 0.05) is 29.5 Å². The summed E-state index contributed by atoms with van der Waals surface area (Å²) >= 11 is 5.99. The van der Waals surface area contributed by atoms with E-state index >= 15 is 0 Å². The number of carbonyl (C=O) groups is 2. The van der Waals surface area contributed by atoms with Crippen LogP contribution in [-0.4, -0.2) is 48.0 Å². The molecule has 0 spiro atoms. The number of aromatic nitrogens is 1. The molecule has 1 saturated heterocycles. The Morgan fingerprint density at radius 2 is 1.69 bits per heavy atom. The Labute approximate surface area is 207 Å². The second kappa shape index (κ2) is 10.1. The van der Waals surface area contributed by atoms with Gasteiger partial charge in [-0.3, -0.25) is 14.6 Å². The molecule has 0 radical (unpaired) electrons. The van der Waals surface area contributed by atoms with Crippen LogP contribution in [0, 0.1) is 0 Å². The Morgan fingerprint density at radius 3 is 2.23 bits per heavy atom. The molecule has 4 rings (SSSR count). The molecule has 1 unspecified atom stereocenters. The molecule has 9 heteroatoms. The number of aliphatic hydroxyl groups is 1. The minimum atomic E-state index is -0.931. The van der Waals surface area contributed by atoms with Crippen molar-refractivity contribution in [2.45, 2.75) is 12.6 Å². The number of benzene rings is 2. The van der Waals surface area contributed by atoms with Crippen LogP contribution in [0.1, 0.15) is 22.7 Å². The van der Waals surface area contributed by atoms with Gasteiger partial charge in [0.2, 0.25) is 5.75 Å². The molecule has 1 aliphatic heterocycles. The molecule has 1 atom stereocenters. The second-order valence-corrected chi connectivity index (χ2v) is 8.19. The Bertz CT molecular complexity index is 1270. The number of likely N-dealkylation sites (tertiary alicyclic amines) is 1. The molecule has 35 heavy (non-hydrogen) atoms. The molecule has 180 valence electrons. The second-order valence-electron chi connectivity index (χ2n) is 7.75. The van der Waals surface area contributed by atoms with Crippen LogP contribution >= 0.6 is 11.6 Å². The zero-order valence-corrected chi connectivity index (χ0v) is 20.1. The first-order valence-corrected chi connectivity index (χ1v) is 11.0. The largest absolute Gasteiger partial charge is 0.507 e. The fraction of sp³-hybridized carbons (Fsp3) is 0.192. The van der Waals surface area contributed by atoms with Gasteiger partial charge >= 0.3 is 0 Å². The zero-order chi connectivity index (χ0) is 25.1. The lowest BCUT2D eigenvalue weighted by molar-refractivity contribution is -0.140. The fourth-order valence-corrected chi connectivity index (χ4v) is 4.23. The average Bonchev–Trinajstić information content (AvgIpc) is 3.13. The first-order valence-electron chi connectivity index (χ1n) is 10.6. The van der Waals surface area contributed by atoms with Crippen molar-refractivity contribution in [2.75, 3.05) is 21.3 Å². The fourth-order valence-electron chi connectivity index (χ4n) is 4.10. The third-order valence-electron chi connectivity index (χ3n) is 5.74. The van der Waals surface area contributed by atoms with Gasteiger partial charge in [0.1, 0.15) is 5.76 Å². The van der Waals surface area contributed by atoms with Crippen LogP contribution in [0.3, 0.4) is 0 Å². The van der Waals surface area contributed by atoms with E-state index in [0.29, 0.717) is 33.4 Å². The standard InChI is InChI=1S/C26H23ClN2O6/c1-33-19-11-17(12-20(34-2)25(19)35-3)22-21(23(30)16-6-8-18(27)9-7-16)24(31)26(32)29(22)14-15-5-4-10-28-13-15/h4-13,22,30H,14H2,1-3H3/b23-21+. The minimum Gasteiger partial charge on any atom is -0.507 e. The van der Waals surface area contributed by atoms with Crippen molar-refractivity contribution in [3.63, 3.8) is 0 Å². The summed E-state index contributed by atoms with van der Waals surface area (Å²) in [4.78, 5) is 32.0. The molecule has 0 saturated carbocycles. The third kappa shape index (κ3) is 4.52. The number of halogens is 1. The van der Waals surface area contributed by atoms with Crippen LogP contribution in [0.5, 0.6) is 17.2 Å². The lowest BCUT2D eigenvalue weighted by Gasteiger charge is -2.26. The van der Waals surface area contributed by atoms with E-state index < -0.39 is 17.7 Å². The van der Waals surface area contributed by atoms with E-state index in [1.165, 1.54) is 26.2 Å². The summed E-state index contributed by atoms with van der Waals surface area (Å²) in [6, 6.07) is 12.3. The number of ether oxygens (including phenoxy) is 3.